The van der Waals surface area contributed by atoms with Crippen molar-refractivity contribution in [2.24, 2.45) is 5.92 Å². The van der Waals surface area contributed by atoms with E-state index in [-0.39, 0.29) is 0 Å². The molecule has 0 aliphatic rings. The Morgan fingerprint density at radius 2 is 2.06 bits per heavy atom. The van der Waals surface area contributed by atoms with Crippen LogP contribution in [0, 0.1) is 12.8 Å². The van der Waals surface area contributed by atoms with Gasteiger partial charge in [-0.05, 0) is 42.8 Å². The van der Waals surface area contributed by atoms with Crippen molar-refractivity contribution < 1.29 is 0 Å². The van der Waals surface area contributed by atoms with E-state index in [0.717, 1.165) is 12.5 Å². The highest BCUT2D eigenvalue weighted by atomic mass is 32.1. The number of hydrogen-bond donors (Lipinski definition) is 1. The summed E-state index contributed by atoms with van der Waals surface area (Å²) in [6.07, 6.45) is 3.94. The molecule has 0 saturated carbocycles. The van der Waals surface area contributed by atoms with Crippen LogP contribution in [0.25, 0.3) is 0 Å². The Bertz CT molecular complexity index is 291. The molecule has 92 valence electrons. The molecule has 2 heteroatoms. The Labute approximate surface area is 104 Å². The average Bonchev–Trinajstić information content (AvgIpc) is 2.63. The first kappa shape index (κ1) is 13.7. The molecule has 1 unspecified atom stereocenters. The molecule has 1 nitrogen and oxygen atoms in total. The summed E-state index contributed by atoms with van der Waals surface area (Å²) in [6, 6.07) is 2.80. The van der Waals surface area contributed by atoms with E-state index in [2.05, 4.69) is 44.5 Å². The van der Waals surface area contributed by atoms with Crippen molar-refractivity contribution in [3.05, 3.63) is 21.9 Å². The smallest absolute Gasteiger partial charge is 0.0417 e. The lowest BCUT2D eigenvalue weighted by atomic mass is 10.0. The minimum Gasteiger partial charge on any atom is -0.310 e. The predicted octanol–water partition coefficient (Wildman–Crippen LogP) is 4.53. The molecule has 1 N–H and O–H groups in total. The molecule has 16 heavy (non-hydrogen) atoms. The number of nitrogens with one attached hydrogen (secondary N) is 1. The van der Waals surface area contributed by atoms with Crippen molar-refractivity contribution >= 4 is 11.3 Å². The van der Waals surface area contributed by atoms with Crippen LogP contribution in [0.4, 0.5) is 0 Å². The van der Waals surface area contributed by atoms with Crippen molar-refractivity contribution in [3.8, 4) is 0 Å². The lowest BCUT2D eigenvalue weighted by Crippen LogP contribution is -2.20. The molecule has 0 spiro atoms. The van der Waals surface area contributed by atoms with E-state index in [1.165, 1.54) is 29.7 Å². The third-order valence-corrected chi connectivity index (χ3v) is 4.08. The molecule has 0 aromatic carbocycles. The van der Waals surface area contributed by atoms with Crippen molar-refractivity contribution in [1.82, 2.24) is 5.32 Å². The van der Waals surface area contributed by atoms with E-state index in [9.17, 15) is 0 Å². The van der Waals surface area contributed by atoms with Crippen molar-refractivity contribution in [3.63, 3.8) is 0 Å². The first-order valence-corrected chi connectivity index (χ1v) is 7.30. The fourth-order valence-corrected chi connectivity index (χ4v) is 3.08. The van der Waals surface area contributed by atoms with Gasteiger partial charge in [0.1, 0.15) is 0 Å². The number of aryl methyl sites for hydroxylation is 1. The Hall–Kier alpha value is -0.340. The topological polar surface area (TPSA) is 12.0 Å². The molecule has 0 aliphatic carbocycles. The molecule has 0 fully saturated rings. The maximum absolute atomic E-state index is 3.61. The lowest BCUT2D eigenvalue weighted by molar-refractivity contribution is 0.458. The third-order valence-electron chi connectivity index (χ3n) is 2.94. The Morgan fingerprint density at radius 1 is 1.31 bits per heavy atom. The van der Waals surface area contributed by atoms with Gasteiger partial charge in [0.05, 0.1) is 0 Å². The Balaban J connectivity index is 2.51. The summed E-state index contributed by atoms with van der Waals surface area (Å²) in [7, 11) is 0. The highest BCUT2D eigenvalue weighted by Crippen LogP contribution is 2.28. The van der Waals surface area contributed by atoms with Crippen LogP contribution in [0.15, 0.2) is 11.4 Å². The zero-order chi connectivity index (χ0) is 12.0. The van der Waals surface area contributed by atoms with Gasteiger partial charge >= 0.3 is 0 Å². The summed E-state index contributed by atoms with van der Waals surface area (Å²) in [5.74, 6) is 0.826. The highest BCUT2D eigenvalue weighted by molar-refractivity contribution is 7.10. The van der Waals surface area contributed by atoms with Gasteiger partial charge in [-0.25, -0.2) is 0 Å². The summed E-state index contributed by atoms with van der Waals surface area (Å²) < 4.78 is 0. The van der Waals surface area contributed by atoms with Gasteiger partial charge in [-0.1, -0.05) is 33.6 Å². The number of hydrogen-bond acceptors (Lipinski definition) is 2. The van der Waals surface area contributed by atoms with Crippen molar-refractivity contribution in [2.75, 3.05) is 6.54 Å². The fourth-order valence-electron chi connectivity index (χ4n) is 2.04. The van der Waals surface area contributed by atoms with E-state index < -0.39 is 0 Å². The molecule has 0 bridgehead atoms. The van der Waals surface area contributed by atoms with Crippen molar-refractivity contribution in [1.29, 1.82) is 0 Å². The minimum atomic E-state index is 0.573. The van der Waals surface area contributed by atoms with Gasteiger partial charge in [0.15, 0.2) is 0 Å². The largest absolute Gasteiger partial charge is 0.310 e. The SMILES string of the molecule is CCNC(CCCC(C)C)c1sccc1C. The average molecular weight is 239 g/mol. The first-order chi connectivity index (χ1) is 7.65. The van der Waals surface area contributed by atoms with Crippen LogP contribution in [0.3, 0.4) is 0 Å². The van der Waals surface area contributed by atoms with Gasteiger partial charge in [-0.15, -0.1) is 11.3 Å². The molecule has 1 heterocycles. The standard InChI is InChI=1S/C14H25NS/c1-5-15-13(8-6-7-11(2)3)14-12(4)9-10-16-14/h9-11,13,15H,5-8H2,1-4H3. The zero-order valence-corrected chi connectivity index (χ0v) is 11.9. The van der Waals surface area contributed by atoms with E-state index >= 15 is 0 Å². The Kier molecular flexibility index (Phi) is 6.07. The van der Waals surface area contributed by atoms with Gasteiger partial charge < -0.3 is 5.32 Å². The maximum Gasteiger partial charge on any atom is 0.0417 e. The molecular weight excluding hydrogens is 214 g/mol. The van der Waals surface area contributed by atoms with E-state index in [1.807, 2.05) is 11.3 Å². The fraction of sp³-hybridized carbons (Fsp3) is 0.714. The summed E-state index contributed by atoms with van der Waals surface area (Å²) in [5.41, 5.74) is 1.44. The molecule has 1 aromatic heterocycles. The molecule has 0 aliphatic heterocycles. The molecular formula is C14H25NS. The molecule has 1 atom stereocenters. The summed E-state index contributed by atoms with van der Waals surface area (Å²) in [6.45, 7) is 10.1. The Morgan fingerprint density at radius 3 is 2.56 bits per heavy atom. The maximum atomic E-state index is 3.61. The van der Waals surface area contributed by atoms with Crippen LogP contribution in [0.2, 0.25) is 0 Å². The van der Waals surface area contributed by atoms with Crippen LogP contribution in [0.1, 0.15) is 56.5 Å². The lowest BCUT2D eigenvalue weighted by Gasteiger charge is -2.18. The molecule has 0 saturated heterocycles. The normalized spacial score (nSPS) is 13.3. The molecule has 0 radical (unpaired) electrons. The summed E-state index contributed by atoms with van der Waals surface area (Å²) >= 11 is 1.89. The number of thiophene rings is 1. The second-order valence-electron chi connectivity index (χ2n) is 4.90. The van der Waals surface area contributed by atoms with Gasteiger partial charge in [0, 0.05) is 10.9 Å². The van der Waals surface area contributed by atoms with Crippen LogP contribution in [-0.4, -0.2) is 6.54 Å². The van der Waals surface area contributed by atoms with Crippen LogP contribution < -0.4 is 5.32 Å². The molecule has 1 rings (SSSR count). The quantitative estimate of drug-likeness (QED) is 0.737. The number of rotatable bonds is 7. The van der Waals surface area contributed by atoms with Gasteiger partial charge in [-0.3, -0.25) is 0 Å². The van der Waals surface area contributed by atoms with Crippen LogP contribution in [0.5, 0.6) is 0 Å². The van der Waals surface area contributed by atoms with E-state index in [4.69, 9.17) is 0 Å². The van der Waals surface area contributed by atoms with Gasteiger partial charge in [0.2, 0.25) is 0 Å². The second kappa shape index (κ2) is 7.08. The van der Waals surface area contributed by atoms with E-state index in [1.54, 1.807) is 0 Å². The second-order valence-corrected chi connectivity index (χ2v) is 5.85. The summed E-state index contributed by atoms with van der Waals surface area (Å²) in [4.78, 5) is 1.53. The van der Waals surface area contributed by atoms with Gasteiger partial charge in [0.25, 0.3) is 0 Å². The van der Waals surface area contributed by atoms with E-state index in [0.29, 0.717) is 6.04 Å². The zero-order valence-electron chi connectivity index (χ0n) is 11.0. The molecule has 0 amide bonds. The third kappa shape index (κ3) is 4.26. The van der Waals surface area contributed by atoms with Crippen LogP contribution >= 0.6 is 11.3 Å². The first-order valence-electron chi connectivity index (χ1n) is 6.42. The minimum absolute atomic E-state index is 0.573. The van der Waals surface area contributed by atoms with Gasteiger partial charge in [-0.2, -0.15) is 0 Å². The summed E-state index contributed by atoms with van der Waals surface area (Å²) in [5, 5.41) is 5.82. The highest BCUT2D eigenvalue weighted by Gasteiger charge is 2.13. The molecule has 1 aromatic rings. The van der Waals surface area contributed by atoms with Crippen molar-refractivity contribution in [2.45, 2.75) is 53.0 Å². The van der Waals surface area contributed by atoms with Crippen LogP contribution in [-0.2, 0) is 0 Å². The monoisotopic (exact) mass is 239 g/mol. The predicted molar refractivity (Wildman–Crippen MR) is 74.2 cm³/mol.